The maximum Gasteiger partial charge on any atom is 0.323 e. The fourth-order valence-corrected chi connectivity index (χ4v) is 5.49. The zero-order chi connectivity index (χ0) is 25.5. The number of nitrogens with one attached hydrogen (secondary N) is 2. The smallest absolute Gasteiger partial charge is 0.323 e. The van der Waals surface area contributed by atoms with Gasteiger partial charge >= 0.3 is 6.03 Å². The van der Waals surface area contributed by atoms with Crippen LogP contribution in [0.4, 0.5) is 22.0 Å². The average molecular weight is 624 g/mol. The van der Waals surface area contributed by atoms with E-state index < -0.39 is 0 Å². The SMILES string of the molecule is O=C(Nc1ccccc1)Nc1ccc(-c2nc(CSc3ccccc3)cc(N3CCOC[C@@H]3I)n2)cc1. The fraction of sp³-hybridized carbons (Fsp3) is 0.179. The summed E-state index contributed by atoms with van der Waals surface area (Å²) in [6.07, 6.45) is 0. The number of para-hydroxylation sites is 1. The van der Waals surface area contributed by atoms with E-state index in [-0.39, 0.29) is 10.1 Å². The number of thioether (sulfide) groups is 1. The maximum atomic E-state index is 12.4. The van der Waals surface area contributed by atoms with Crippen LogP contribution in [0.5, 0.6) is 0 Å². The van der Waals surface area contributed by atoms with E-state index >= 15 is 0 Å². The number of amides is 2. The molecule has 5 rings (SSSR count). The molecule has 1 aliphatic heterocycles. The Morgan fingerprint density at radius 2 is 1.62 bits per heavy atom. The third kappa shape index (κ3) is 7.00. The molecule has 0 saturated carbocycles. The van der Waals surface area contributed by atoms with Crippen molar-refractivity contribution in [3.63, 3.8) is 0 Å². The minimum absolute atomic E-state index is 0.207. The molecule has 1 saturated heterocycles. The summed E-state index contributed by atoms with van der Waals surface area (Å²) in [6, 6.07) is 29.1. The lowest BCUT2D eigenvalue weighted by Gasteiger charge is -2.33. The Bertz CT molecular complexity index is 1330. The molecule has 0 aliphatic carbocycles. The highest BCUT2D eigenvalue weighted by molar-refractivity contribution is 14.1. The van der Waals surface area contributed by atoms with Crippen LogP contribution in [0.15, 0.2) is 95.9 Å². The van der Waals surface area contributed by atoms with Gasteiger partial charge in [0.2, 0.25) is 0 Å². The number of morpholine rings is 1. The van der Waals surface area contributed by atoms with Gasteiger partial charge in [-0.2, -0.15) is 0 Å². The van der Waals surface area contributed by atoms with Crippen molar-refractivity contribution in [3.05, 3.63) is 96.7 Å². The molecule has 1 aromatic heterocycles. The molecule has 188 valence electrons. The Morgan fingerprint density at radius 1 is 0.946 bits per heavy atom. The first kappa shape index (κ1) is 25.5. The number of alkyl halides is 1. The number of nitrogens with zero attached hydrogens (tertiary/aromatic N) is 3. The van der Waals surface area contributed by atoms with Gasteiger partial charge in [-0.15, -0.1) is 11.8 Å². The molecular weight excluding hydrogens is 597 g/mol. The van der Waals surface area contributed by atoms with Crippen LogP contribution in [-0.4, -0.2) is 39.8 Å². The second-order valence-corrected chi connectivity index (χ2v) is 10.9. The van der Waals surface area contributed by atoms with Gasteiger partial charge in [0, 0.05) is 40.2 Å². The Balaban J connectivity index is 1.35. The summed E-state index contributed by atoms with van der Waals surface area (Å²) in [6.45, 7) is 2.13. The van der Waals surface area contributed by atoms with Crippen molar-refractivity contribution in [2.24, 2.45) is 0 Å². The lowest BCUT2D eigenvalue weighted by Crippen LogP contribution is -2.42. The van der Waals surface area contributed by atoms with Crippen LogP contribution in [0.25, 0.3) is 11.4 Å². The molecule has 1 fully saturated rings. The number of urea groups is 1. The van der Waals surface area contributed by atoms with Crippen LogP contribution >= 0.6 is 34.4 Å². The van der Waals surface area contributed by atoms with Gasteiger partial charge in [-0.25, -0.2) is 14.8 Å². The number of benzene rings is 3. The Kier molecular flexibility index (Phi) is 8.54. The summed E-state index contributed by atoms with van der Waals surface area (Å²) in [5.74, 6) is 2.31. The van der Waals surface area contributed by atoms with E-state index in [0.717, 1.165) is 35.1 Å². The number of rotatable bonds is 7. The van der Waals surface area contributed by atoms with Gasteiger partial charge in [0.25, 0.3) is 0 Å². The third-order valence-corrected chi connectivity index (χ3v) is 7.77. The van der Waals surface area contributed by atoms with E-state index in [1.165, 1.54) is 4.90 Å². The van der Waals surface area contributed by atoms with Gasteiger partial charge in [-0.1, -0.05) is 59.0 Å². The quantitative estimate of drug-likeness (QED) is 0.104. The lowest BCUT2D eigenvalue weighted by atomic mass is 10.2. The van der Waals surface area contributed by atoms with E-state index in [1.807, 2.05) is 72.8 Å². The van der Waals surface area contributed by atoms with Gasteiger partial charge in [-0.05, 0) is 48.5 Å². The second-order valence-electron chi connectivity index (χ2n) is 8.37. The van der Waals surface area contributed by atoms with E-state index in [1.54, 1.807) is 11.8 Å². The van der Waals surface area contributed by atoms with Crippen molar-refractivity contribution in [2.75, 3.05) is 35.3 Å². The van der Waals surface area contributed by atoms with Gasteiger partial charge in [0.15, 0.2) is 5.82 Å². The number of hydrogen-bond acceptors (Lipinski definition) is 6. The fourth-order valence-electron chi connectivity index (χ4n) is 3.86. The van der Waals surface area contributed by atoms with Crippen LogP contribution in [-0.2, 0) is 10.5 Å². The minimum Gasteiger partial charge on any atom is -0.377 e. The molecule has 2 heterocycles. The first-order valence-electron chi connectivity index (χ1n) is 11.9. The van der Waals surface area contributed by atoms with Crippen LogP contribution in [0.1, 0.15) is 5.69 Å². The minimum atomic E-state index is -0.294. The summed E-state index contributed by atoms with van der Waals surface area (Å²) in [7, 11) is 0. The predicted molar refractivity (Wildman–Crippen MR) is 159 cm³/mol. The van der Waals surface area contributed by atoms with Gasteiger partial charge in [0.05, 0.1) is 18.9 Å². The number of halogens is 1. The Hall–Kier alpha value is -3.15. The van der Waals surface area contributed by atoms with Crippen molar-refractivity contribution in [1.29, 1.82) is 0 Å². The second kappa shape index (κ2) is 12.4. The third-order valence-electron chi connectivity index (χ3n) is 5.69. The molecule has 37 heavy (non-hydrogen) atoms. The molecule has 4 aromatic rings. The Labute approximate surface area is 234 Å². The molecular formula is C28H26IN5O2S. The highest BCUT2D eigenvalue weighted by atomic mass is 127. The zero-order valence-corrected chi connectivity index (χ0v) is 23.0. The van der Waals surface area contributed by atoms with Crippen LogP contribution in [0, 0.1) is 0 Å². The van der Waals surface area contributed by atoms with Crippen LogP contribution in [0.2, 0.25) is 0 Å². The first-order valence-corrected chi connectivity index (χ1v) is 14.1. The molecule has 1 aliphatic rings. The average Bonchev–Trinajstić information content (AvgIpc) is 2.93. The van der Waals surface area contributed by atoms with E-state index in [2.05, 4.69) is 56.3 Å². The summed E-state index contributed by atoms with van der Waals surface area (Å²) >= 11 is 4.16. The molecule has 3 aromatic carbocycles. The number of ether oxygens (including phenoxy) is 1. The maximum absolute atomic E-state index is 12.4. The Morgan fingerprint density at radius 3 is 2.32 bits per heavy atom. The van der Waals surface area contributed by atoms with Gasteiger partial charge < -0.3 is 20.3 Å². The molecule has 1 atom stereocenters. The van der Waals surface area contributed by atoms with Gasteiger partial charge in [0.1, 0.15) is 9.87 Å². The molecule has 2 N–H and O–H groups in total. The molecule has 2 amide bonds. The van der Waals surface area contributed by atoms with Crippen molar-refractivity contribution < 1.29 is 9.53 Å². The first-order chi connectivity index (χ1) is 18.1. The number of carbonyl (C=O) groups excluding carboxylic acids is 1. The van der Waals surface area contributed by atoms with Crippen molar-refractivity contribution in [2.45, 2.75) is 14.7 Å². The molecule has 9 heteroatoms. The van der Waals surface area contributed by atoms with E-state index in [0.29, 0.717) is 24.7 Å². The largest absolute Gasteiger partial charge is 0.377 e. The van der Waals surface area contributed by atoms with Crippen LogP contribution in [0.3, 0.4) is 0 Å². The van der Waals surface area contributed by atoms with Crippen molar-refractivity contribution in [3.8, 4) is 11.4 Å². The van der Waals surface area contributed by atoms with Crippen LogP contribution < -0.4 is 15.5 Å². The number of aromatic nitrogens is 2. The highest BCUT2D eigenvalue weighted by Gasteiger charge is 2.23. The standard InChI is InChI=1S/C28H26IN5O2S/c29-25-18-36-16-15-34(25)26-17-23(19-37-24-9-5-2-6-10-24)30-27(33-26)20-11-13-22(14-12-20)32-28(35)31-21-7-3-1-4-8-21/h1-14,17,25H,15-16,18-19H2,(H2,31,32,35)/t25-/m1/s1. The topological polar surface area (TPSA) is 79.4 Å². The molecule has 0 unspecified atom stereocenters. The van der Waals surface area contributed by atoms with Crippen molar-refractivity contribution >= 4 is 57.6 Å². The summed E-state index contributed by atoms with van der Waals surface area (Å²) in [4.78, 5) is 25.6. The van der Waals surface area contributed by atoms with E-state index in [9.17, 15) is 4.79 Å². The number of carbonyl (C=O) groups is 1. The molecule has 0 radical (unpaired) electrons. The highest BCUT2D eigenvalue weighted by Crippen LogP contribution is 2.29. The molecule has 0 spiro atoms. The van der Waals surface area contributed by atoms with Crippen molar-refractivity contribution in [1.82, 2.24) is 9.97 Å². The van der Waals surface area contributed by atoms with Gasteiger partial charge in [-0.3, -0.25) is 0 Å². The summed E-state index contributed by atoms with van der Waals surface area (Å²) in [5.41, 5.74) is 3.28. The normalized spacial score (nSPS) is 15.3. The predicted octanol–water partition coefficient (Wildman–Crippen LogP) is 6.68. The number of anilines is 3. The molecule has 7 nitrogen and oxygen atoms in total. The molecule has 0 bridgehead atoms. The summed E-state index contributed by atoms with van der Waals surface area (Å²) < 4.78 is 5.84. The zero-order valence-electron chi connectivity index (χ0n) is 20.0. The monoisotopic (exact) mass is 623 g/mol. The van der Waals surface area contributed by atoms with E-state index in [4.69, 9.17) is 14.7 Å². The summed E-state index contributed by atoms with van der Waals surface area (Å²) in [5, 5.41) is 5.70. The lowest BCUT2D eigenvalue weighted by molar-refractivity contribution is 0.118. The number of hydrogen-bond donors (Lipinski definition) is 2.